The summed E-state index contributed by atoms with van der Waals surface area (Å²) in [7, 11) is 0. The highest BCUT2D eigenvalue weighted by Gasteiger charge is 1.92. The summed E-state index contributed by atoms with van der Waals surface area (Å²) in [6, 6.07) is 20.9. The minimum atomic E-state index is 0. The maximum Gasteiger partial charge on any atom is 0.0208 e. The summed E-state index contributed by atoms with van der Waals surface area (Å²) in [5, 5.41) is 3.42. The lowest BCUT2D eigenvalue weighted by Crippen LogP contribution is -3.00. The zero-order valence-corrected chi connectivity index (χ0v) is 9.82. The zero-order valence-electron chi connectivity index (χ0n) is 9.07. The Labute approximate surface area is 103 Å². The molecule has 2 heteroatoms. The first-order chi connectivity index (χ1) is 7.45. The molecule has 2 aromatic carbocycles. The SMILES string of the molecule is [Cl-].c1ccc(CNCc2ccccc2)cc1. The highest BCUT2D eigenvalue weighted by Crippen LogP contribution is 2.00. The van der Waals surface area contributed by atoms with Gasteiger partial charge in [-0.05, 0) is 11.1 Å². The molecule has 0 atom stereocenters. The van der Waals surface area contributed by atoms with Crippen LogP contribution in [0.3, 0.4) is 0 Å². The molecule has 0 aliphatic heterocycles. The van der Waals surface area contributed by atoms with Crippen molar-refractivity contribution >= 4 is 0 Å². The van der Waals surface area contributed by atoms with Crippen LogP contribution in [-0.4, -0.2) is 0 Å². The first kappa shape index (κ1) is 12.8. The number of halogens is 1. The van der Waals surface area contributed by atoms with Crippen molar-refractivity contribution in [1.29, 1.82) is 0 Å². The van der Waals surface area contributed by atoms with Crippen LogP contribution in [0.4, 0.5) is 0 Å². The van der Waals surface area contributed by atoms with Gasteiger partial charge in [-0.2, -0.15) is 0 Å². The lowest BCUT2D eigenvalue weighted by molar-refractivity contribution is -0.00000305. The van der Waals surface area contributed by atoms with Crippen molar-refractivity contribution in [3.05, 3.63) is 71.8 Å². The van der Waals surface area contributed by atoms with Gasteiger partial charge in [-0.1, -0.05) is 60.7 Å². The predicted octanol–water partition coefficient (Wildman–Crippen LogP) is -0.0196. The molecule has 0 fully saturated rings. The van der Waals surface area contributed by atoms with Crippen LogP contribution in [0, 0.1) is 0 Å². The second-order valence-corrected chi connectivity index (χ2v) is 3.57. The quantitative estimate of drug-likeness (QED) is 0.782. The fraction of sp³-hybridized carbons (Fsp3) is 0.143. The van der Waals surface area contributed by atoms with Gasteiger partial charge >= 0.3 is 0 Å². The van der Waals surface area contributed by atoms with E-state index >= 15 is 0 Å². The molecule has 0 aliphatic carbocycles. The molecule has 0 aliphatic rings. The van der Waals surface area contributed by atoms with E-state index in [1.165, 1.54) is 11.1 Å². The standard InChI is InChI=1S/C14H15N.ClH/c1-3-7-13(8-4-1)11-15-12-14-9-5-2-6-10-14;/h1-10,15H,11-12H2;1H/p-1. The predicted molar refractivity (Wildman–Crippen MR) is 63.4 cm³/mol. The van der Waals surface area contributed by atoms with Crippen LogP contribution in [0.5, 0.6) is 0 Å². The molecule has 2 rings (SSSR count). The van der Waals surface area contributed by atoms with Crippen LogP contribution in [0.2, 0.25) is 0 Å². The number of nitrogens with one attached hydrogen (secondary N) is 1. The lowest BCUT2D eigenvalue weighted by Gasteiger charge is -2.04. The summed E-state index contributed by atoms with van der Waals surface area (Å²) in [6.45, 7) is 1.85. The fourth-order valence-electron chi connectivity index (χ4n) is 1.54. The van der Waals surface area contributed by atoms with Gasteiger partial charge in [0.2, 0.25) is 0 Å². The molecule has 0 saturated carbocycles. The van der Waals surface area contributed by atoms with E-state index in [-0.39, 0.29) is 12.4 Å². The van der Waals surface area contributed by atoms with Gasteiger partial charge in [0.1, 0.15) is 0 Å². The van der Waals surface area contributed by atoms with E-state index in [0.717, 1.165) is 13.1 Å². The Kier molecular flexibility index (Phi) is 5.62. The molecule has 16 heavy (non-hydrogen) atoms. The summed E-state index contributed by atoms with van der Waals surface area (Å²) >= 11 is 0. The molecule has 0 unspecified atom stereocenters. The van der Waals surface area contributed by atoms with Gasteiger partial charge in [0.15, 0.2) is 0 Å². The molecular formula is C14H15ClN-. The van der Waals surface area contributed by atoms with Crippen LogP contribution < -0.4 is 17.7 Å². The van der Waals surface area contributed by atoms with Crippen LogP contribution in [0.25, 0.3) is 0 Å². The number of hydrogen-bond donors (Lipinski definition) is 1. The maximum atomic E-state index is 3.42. The molecule has 0 amide bonds. The number of rotatable bonds is 4. The van der Waals surface area contributed by atoms with Crippen LogP contribution in [-0.2, 0) is 13.1 Å². The Morgan fingerprint density at radius 2 is 1.00 bits per heavy atom. The first-order valence-electron chi connectivity index (χ1n) is 5.24. The minimum absolute atomic E-state index is 0. The van der Waals surface area contributed by atoms with Crippen molar-refractivity contribution < 1.29 is 12.4 Å². The third-order valence-corrected chi connectivity index (χ3v) is 2.34. The zero-order chi connectivity index (χ0) is 10.3. The fourth-order valence-corrected chi connectivity index (χ4v) is 1.54. The van der Waals surface area contributed by atoms with Crippen molar-refractivity contribution in [3.8, 4) is 0 Å². The van der Waals surface area contributed by atoms with E-state index in [0.29, 0.717) is 0 Å². The van der Waals surface area contributed by atoms with Gasteiger partial charge in [0.05, 0.1) is 0 Å². The second-order valence-electron chi connectivity index (χ2n) is 3.57. The van der Waals surface area contributed by atoms with Crippen LogP contribution >= 0.6 is 0 Å². The van der Waals surface area contributed by atoms with E-state index in [1.54, 1.807) is 0 Å². The molecule has 0 spiro atoms. The molecule has 1 N–H and O–H groups in total. The first-order valence-corrected chi connectivity index (χ1v) is 5.24. The number of benzene rings is 2. The Bertz CT molecular complexity index is 346. The van der Waals surface area contributed by atoms with Crippen molar-refractivity contribution in [2.75, 3.05) is 0 Å². The molecule has 0 radical (unpaired) electrons. The Balaban J connectivity index is 0.00000128. The minimum Gasteiger partial charge on any atom is -1.00 e. The van der Waals surface area contributed by atoms with Gasteiger partial charge in [0.25, 0.3) is 0 Å². The van der Waals surface area contributed by atoms with Crippen molar-refractivity contribution in [1.82, 2.24) is 5.32 Å². The van der Waals surface area contributed by atoms with E-state index in [2.05, 4.69) is 53.8 Å². The normalized spacial score (nSPS) is 9.50. The molecular weight excluding hydrogens is 218 g/mol. The maximum absolute atomic E-state index is 3.42. The van der Waals surface area contributed by atoms with E-state index < -0.39 is 0 Å². The summed E-state index contributed by atoms with van der Waals surface area (Å²) in [5.41, 5.74) is 2.65. The van der Waals surface area contributed by atoms with Crippen molar-refractivity contribution in [3.63, 3.8) is 0 Å². The van der Waals surface area contributed by atoms with E-state index in [4.69, 9.17) is 0 Å². The highest BCUT2D eigenvalue weighted by molar-refractivity contribution is 5.16. The third-order valence-electron chi connectivity index (χ3n) is 2.34. The van der Waals surface area contributed by atoms with Crippen LogP contribution in [0.1, 0.15) is 11.1 Å². The third kappa shape index (κ3) is 4.05. The van der Waals surface area contributed by atoms with Crippen LogP contribution in [0.15, 0.2) is 60.7 Å². The highest BCUT2D eigenvalue weighted by atomic mass is 35.5. The Morgan fingerprint density at radius 1 is 0.625 bits per heavy atom. The summed E-state index contributed by atoms with van der Waals surface area (Å²) in [5.74, 6) is 0. The second kappa shape index (κ2) is 7.04. The Morgan fingerprint density at radius 3 is 1.38 bits per heavy atom. The average molecular weight is 233 g/mol. The van der Waals surface area contributed by atoms with Gasteiger partial charge < -0.3 is 17.7 Å². The largest absolute Gasteiger partial charge is 1.00 e. The summed E-state index contributed by atoms with van der Waals surface area (Å²) in [6.07, 6.45) is 0. The average Bonchev–Trinajstić information content (AvgIpc) is 2.32. The Hall–Kier alpha value is -1.31. The molecule has 1 nitrogen and oxygen atoms in total. The van der Waals surface area contributed by atoms with E-state index in [1.807, 2.05) is 12.1 Å². The van der Waals surface area contributed by atoms with E-state index in [9.17, 15) is 0 Å². The smallest absolute Gasteiger partial charge is 0.0208 e. The molecule has 0 saturated heterocycles. The molecule has 2 aromatic rings. The van der Waals surface area contributed by atoms with Gasteiger partial charge in [0, 0.05) is 13.1 Å². The van der Waals surface area contributed by atoms with Gasteiger partial charge in [-0.15, -0.1) is 0 Å². The molecule has 84 valence electrons. The molecule has 0 bridgehead atoms. The lowest BCUT2D eigenvalue weighted by atomic mass is 10.2. The molecule has 0 aromatic heterocycles. The topological polar surface area (TPSA) is 12.0 Å². The van der Waals surface area contributed by atoms with Crippen molar-refractivity contribution in [2.45, 2.75) is 13.1 Å². The summed E-state index contributed by atoms with van der Waals surface area (Å²) < 4.78 is 0. The number of hydrogen-bond acceptors (Lipinski definition) is 1. The van der Waals surface area contributed by atoms with Gasteiger partial charge in [-0.3, -0.25) is 0 Å². The van der Waals surface area contributed by atoms with Gasteiger partial charge in [-0.25, -0.2) is 0 Å². The monoisotopic (exact) mass is 232 g/mol. The summed E-state index contributed by atoms with van der Waals surface area (Å²) in [4.78, 5) is 0. The molecule has 0 heterocycles. The van der Waals surface area contributed by atoms with Crippen molar-refractivity contribution in [2.24, 2.45) is 0 Å².